The van der Waals surface area contributed by atoms with Crippen LogP contribution in [0.1, 0.15) is 5.69 Å². The topological polar surface area (TPSA) is 63.8 Å². The normalized spacial score (nSPS) is 10.5. The van der Waals surface area contributed by atoms with Gasteiger partial charge in [-0.25, -0.2) is 29.0 Å². The molecule has 0 atom stereocenters. The highest BCUT2D eigenvalue weighted by Crippen LogP contribution is 2.22. The third-order valence-electron chi connectivity index (χ3n) is 2.33. The van der Waals surface area contributed by atoms with Gasteiger partial charge in [0.1, 0.15) is 0 Å². The second-order valence-corrected chi connectivity index (χ2v) is 3.57. The molecule has 1 aromatic heterocycles. The Hall–Kier alpha value is -2.15. The fourth-order valence-electron chi connectivity index (χ4n) is 1.42. The van der Waals surface area contributed by atoms with Gasteiger partial charge in [-0.05, 0) is 25.1 Å². The molecule has 1 heterocycles. The molecule has 0 bridgehead atoms. The number of halogens is 3. The minimum absolute atomic E-state index is 0.0534. The van der Waals surface area contributed by atoms with Gasteiger partial charge >= 0.3 is 0 Å². The van der Waals surface area contributed by atoms with E-state index < -0.39 is 17.5 Å². The molecule has 0 fully saturated rings. The number of nitrogen functional groups attached to an aromatic ring is 1. The van der Waals surface area contributed by atoms with E-state index in [2.05, 4.69) is 15.4 Å². The van der Waals surface area contributed by atoms with Crippen LogP contribution in [0.5, 0.6) is 0 Å². The van der Waals surface area contributed by atoms with Gasteiger partial charge in [-0.15, -0.1) is 0 Å². The molecule has 0 saturated carbocycles. The fraction of sp³-hybridized carbons (Fsp3) is 0.0909. The van der Waals surface area contributed by atoms with Crippen LogP contribution >= 0.6 is 0 Å². The highest BCUT2D eigenvalue weighted by molar-refractivity contribution is 5.57. The van der Waals surface area contributed by atoms with Crippen molar-refractivity contribution in [3.8, 4) is 11.4 Å². The van der Waals surface area contributed by atoms with E-state index in [1.807, 2.05) is 0 Å². The minimum Gasteiger partial charge on any atom is -0.306 e. The smallest absolute Gasteiger partial charge is 0.187 e. The van der Waals surface area contributed by atoms with Crippen molar-refractivity contribution in [2.75, 3.05) is 5.43 Å². The number of hydrogen-bond acceptors (Lipinski definition) is 4. The molecule has 94 valence electrons. The number of rotatable bonds is 2. The number of nitrogens with one attached hydrogen (secondary N) is 1. The Morgan fingerprint density at radius 1 is 1.11 bits per heavy atom. The van der Waals surface area contributed by atoms with E-state index in [9.17, 15) is 13.2 Å². The molecule has 1 aromatic carbocycles. The molecule has 0 radical (unpaired) electrons. The van der Waals surface area contributed by atoms with Crippen LogP contribution in [0.3, 0.4) is 0 Å². The second kappa shape index (κ2) is 4.61. The maximum Gasteiger partial charge on any atom is 0.187 e. The van der Waals surface area contributed by atoms with Gasteiger partial charge < -0.3 is 5.43 Å². The minimum atomic E-state index is -1.03. The molecule has 0 aliphatic rings. The van der Waals surface area contributed by atoms with Crippen molar-refractivity contribution in [2.24, 2.45) is 5.84 Å². The zero-order valence-electron chi connectivity index (χ0n) is 9.34. The number of anilines is 1. The van der Waals surface area contributed by atoms with Crippen LogP contribution in [0.2, 0.25) is 0 Å². The van der Waals surface area contributed by atoms with Gasteiger partial charge in [0.15, 0.2) is 29.1 Å². The number of nitrogens with two attached hydrogens (primary N) is 1. The molecule has 0 spiro atoms. The molecule has 0 amide bonds. The summed E-state index contributed by atoms with van der Waals surface area (Å²) in [7, 11) is 0. The molecule has 3 N–H and O–H groups in total. The van der Waals surface area contributed by atoms with Crippen LogP contribution < -0.4 is 11.3 Å². The summed E-state index contributed by atoms with van der Waals surface area (Å²) in [5, 5.41) is 0. The van der Waals surface area contributed by atoms with E-state index in [4.69, 9.17) is 5.84 Å². The first-order valence-electron chi connectivity index (χ1n) is 4.99. The predicted molar refractivity (Wildman–Crippen MR) is 59.9 cm³/mol. The Morgan fingerprint density at radius 3 is 2.44 bits per heavy atom. The molecular formula is C11H9F3N4. The van der Waals surface area contributed by atoms with Crippen molar-refractivity contribution in [3.05, 3.63) is 41.3 Å². The summed E-state index contributed by atoms with van der Waals surface area (Å²) in [6, 6.07) is 3.18. The molecule has 0 unspecified atom stereocenters. The number of aromatic nitrogens is 2. The lowest BCUT2D eigenvalue weighted by molar-refractivity contribution is 0.509. The molecule has 7 heteroatoms. The molecule has 0 aliphatic heterocycles. The highest BCUT2D eigenvalue weighted by atomic mass is 19.2. The van der Waals surface area contributed by atoms with E-state index >= 15 is 0 Å². The maximum absolute atomic E-state index is 13.4. The Labute approximate surface area is 101 Å². The number of aryl methyl sites for hydroxylation is 1. The maximum atomic E-state index is 13.4. The van der Waals surface area contributed by atoms with Gasteiger partial charge in [-0.3, -0.25) is 0 Å². The first-order valence-corrected chi connectivity index (χ1v) is 4.99. The van der Waals surface area contributed by atoms with E-state index in [1.165, 1.54) is 13.0 Å². The molecule has 0 saturated heterocycles. The summed E-state index contributed by atoms with van der Waals surface area (Å²) in [6.07, 6.45) is 0. The van der Waals surface area contributed by atoms with Crippen LogP contribution in [-0.4, -0.2) is 9.97 Å². The predicted octanol–water partition coefficient (Wildman–Crippen LogP) is 2.15. The molecule has 18 heavy (non-hydrogen) atoms. The summed E-state index contributed by atoms with van der Waals surface area (Å²) in [5.41, 5.74) is 2.36. The number of benzene rings is 1. The largest absolute Gasteiger partial charge is 0.306 e. The molecule has 0 aliphatic carbocycles. The Morgan fingerprint density at radius 2 is 1.83 bits per heavy atom. The van der Waals surface area contributed by atoms with Crippen molar-refractivity contribution in [2.45, 2.75) is 6.92 Å². The Bertz CT molecular complexity index is 601. The van der Waals surface area contributed by atoms with Gasteiger partial charge in [0.2, 0.25) is 0 Å². The number of nitrogens with zero attached hydrogens (tertiary/aromatic N) is 2. The standard InChI is InChI=1S/C11H9F3N4/c1-5-9(14)11(18-15)17-10(16-5)6-2-3-7(12)8(13)4-6/h2-4H,15H2,1H3,(H,16,17,18). The van der Waals surface area contributed by atoms with E-state index in [-0.39, 0.29) is 22.9 Å². The summed E-state index contributed by atoms with van der Waals surface area (Å²) >= 11 is 0. The lowest BCUT2D eigenvalue weighted by Crippen LogP contribution is -2.13. The van der Waals surface area contributed by atoms with Crippen molar-refractivity contribution in [3.63, 3.8) is 0 Å². The third kappa shape index (κ3) is 2.12. The van der Waals surface area contributed by atoms with Crippen LogP contribution in [0.25, 0.3) is 11.4 Å². The lowest BCUT2D eigenvalue weighted by Gasteiger charge is -2.07. The van der Waals surface area contributed by atoms with Crippen molar-refractivity contribution in [1.82, 2.24) is 9.97 Å². The average Bonchev–Trinajstić information content (AvgIpc) is 2.36. The third-order valence-corrected chi connectivity index (χ3v) is 2.33. The molecule has 2 aromatic rings. The van der Waals surface area contributed by atoms with Crippen LogP contribution in [0, 0.1) is 24.4 Å². The summed E-state index contributed by atoms with van der Waals surface area (Å²) in [6.45, 7) is 1.42. The van der Waals surface area contributed by atoms with Gasteiger partial charge in [-0.2, -0.15) is 0 Å². The summed E-state index contributed by atoms with van der Waals surface area (Å²) in [5.74, 6) is 2.26. The van der Waals surface area contributed by atoms with E-state index in [0.29, 0.717) is 0 Å². The van der Waals surface area contributed by atoms with Crippen LogP contribution in [0.15, 0.2) is 18.2 Å². The monoisotopic (exact) mass is 254 g/mol. The van der Waals surface area contributed by atoms with E-state index in [1.54, 1.807) is 0 Å². The van der Waals surface area contributed by atoms with Crippen molar-refractivity contribution in [1.29, 1.82) is 0 Å². The zero-order chi connectivity index (χ0) is 13.3. The summed E-state index contributed by atoms with van der Waals surface area (Å²) < 4.78 is 39.3. The Kier molecular flexibility index (Phi) is 3.15. The number of hydrazine groups is 1. The highest BCUT2D eigenvalue weighted by Gasteiger charge is 2.13. The fourth-order valence-corrected chi connectivity index (χ4v) is 1.42. The van der Waals surface area contributed by atoms with Gasteiger partial charge in [0, 0.05) is 5.56 Å². The molecule has 4 nitrogen and oxygen atoms in total. The average molecular weight is 254 g/mol. The first-order chi connectivity index (χ1) is 8.52. The van der Waals surface area contributed by atoms with Crippen LogP contribution in [0.4, 0.5) is 19.0 Å². The lowest BCUT2D eigenvalue weighted by atomic mass is 10.2. The van der Waals surface area contributed by atoms with Crippen LogP contribution in [-0.2, 0) is 0 Å². The SMILES string of the molecule is Cc1nc(-c2ccc(F)c(F)c2)nc(NN)c1F. The van der Waals surface area contributed by atoms with Gasteiger partial charge in [0.25, 0.3) is 0 Å². The Balaban J connectivity index is 2.57. The van der Waals surface area contributed by atoms with Gasteiger partial charge in [0.05, 0.1) is 5.69 Å². The quantitative estimate of drug-likeness (QED) is 0.636. The molecule has 2 rings (SSSR count). The zero-order valence-corrected chi connectivity index (χ0v) is 9.34. The number of hydrogen-bond donors (Lipinski definition) is 2. The van der Waals surface area contributed by atoms with Crippen molar-refractivity contribution < 1.29 is 13.2 Å². The van der Waals surface area contributed by atoms with Gasteiger partial charge in [-0.1, -0.05) is 0 Å². The van der Waals surface area contributed by atoms with E-state index in [0.717, 1.165) is 12.1 Å². The molecular weight excluding hydrogens is 245 g/mol. The first kappa shape index (κ1) is 12.3. The summed E-state index contributed by atoms with van der Waals surface area (Å²) in [4.78, 5) is 7.63. The second-order valence-electron chi connectivity index (χ2n) is 3.57. The van der Waals surface area contributed by atoms with Crippen molar-refractivity contribution >= 4 is 5.82 Å².